The van der Waals surface area contributed by atoms with E-state index in [0.29, 0.717) is 5.82 Å². The third-order valence-corrected chi connectivity index (χ3v) is 3.52. The van der Waals surface area contributed by atoms with E-state index in [1.807, 2.05) is 32.0 Å². The van der Waals surface area contributed by atoms with Gasteiger partial charge in [0.2, 0.25) is 0 Å². The Labute approximate surface area is 124 Å². The SMILES string of the molecule is Cc1ccnc(-c2nc(-c3ccccc3C)ccc2C)n1. The smallest absolute Gasteiger partial charge is 0.178 e. The number of hydrogen-bond acceptors (Lipinski definition) is 3. The molecule has 21 heavy (non-hydrogen) atoms. The largest absolute Gasteiger partial charge is 0.244 e. The maximum atomic E-state index is 4.79. The number of benzene rings is 1. The van der Waals surface area contributed by atoms with E-state index in [1.54, 1.807) is 6.20 Å². The summed E-state index contributed by atoms with van der Waals surface area (Å²) < 4.78 is 0. The van der Waals surface area contributed by atoms with Gasteiger partial charge in [0.25, 0.3) is 0 Å². The van der Waals surface area contributed by atoms with Gasteiger partial charge in [-0.25, -0.2) is 15.0 Å². The molecule has 0 aliphatic carbocycles. The monoisotopic (exact) mass is 275 g/mol. The molecule has 3 heteroatoms. The molecule has 104 valence electrons. The number of nitrogens with zero attached hydrogens (tertiary/aromatic N) is 3. The predicted molar refractivity (Wildman–Crippen MR) is 84.9 cm³/mol. The molecule has 3 rings (SSSR count). The van der Waals surface area contributed by atoms with Crippen molar-refractivity contribution < 1.29 is 0 Å². The Balaban J connectivity index is 2.15. The van der Waals surface area contributed by atoms with Gasteiger partial charge in [-0.2, -0.15) is 0 Å². The maximum Gasteiger partial charge on any atom is 0.178 e. The zero-order chi connectivity index (χ0) is 14.8. The Hall–Kier alpha value is -2.55. The van der Waals surface area contributed by atoms with Gasteiger partial charge in [0.15, 0.2) is 5.82 Å². The van der Waals surface area contributed by atoms with Crippen molar-refractivity contribution in [2.45, 2.75) is 20.8 Å². The highest BCUT2D eigenvalue weighted by molar-refractivity contribution is 5.67. The van der Waals surface area contributed by atoms with Crippen molar-refractivity contribution in [3.8, 4) is 22.8 Å². The van der Waals surface area contributed by atoms with Crippen LogP contribution in [0.1, 0.15) is 16.8 Å². The lowest BCUT2D eigenvalue weighted by Gasteiger charge is -2.09. The quantitative estimate of drug-likeness (QED) is 0.705. The van der Waals surface area contributed by atoms with E-state index < -0.39 is 0 Å². The second kappa shape index (κ2) is 5.44. The maximum absolute atomic E-state index is 4.79. The molecular formula is C18H17N3. The van der Waals surface area contributed by atoms with Gasteiger partial charge >= 0.3 is 0 Å². The van der Waals surface area contributed by atoms with Crippen LogP contribution < -0.4 is 0 Å². The highest BCUT2D eigenvalue weighted by atomic mass is 14.9. The van der Waals surface area contributed by atoms with Crippen LogP contribution in [0.5, 0.6) is 0 Å². The summed E-state index contributed by atoms with van der Waals surface area (Å²) in [5, 5.41) is 0. The van der Waals surface area contributed by atoms with Gasteiger partial charge in [0, 0.05) is 17.5 Å². The fourth-order valence-corrected chi connectivity index (χ4v) is 2.33. The molecule has 0 radical (unpaired) electrons. The zero-order valence-electron chi connectivity index (χ0n) is 12.5. The molecule has 0 atom stereocenters. The van der Waals surface area contributed by atoms with E-state index in [9.17, 15) is 0 Å². The van der Waals surface area contributed by atoms with Crippen molar-refractivity contribution >= 4 is 0 Å². The van der Waals surface area contributed by atoms with Crippen LogP contribution in [0.15, 0.2) is 48.7 Å². The first-order chi connectivity index (χ1) is 10.1. The van der Waals surface area contributed by atoms with E-state index in [4.69, 9.17) is 4.98 Å². The minimum absolute atomic E-state index is 0.683. The predicted octanol–water partition coefficient (Wildman–Crippen LogP) is 4.13. The topological polar surface area (TPSA) is 38.7 Å². The standard InChI is InChI=1S/C18H17N3/c1-12-6-4-5-7-15(12)16-9-8-13(2)17(21-16)18-19-11-10-14(3)20-18/h4-11H,1-3H3. The van der Waals surface area contributed by atoms with Crippen molar-refractivity contribution in [2.24, 2.45) is 0 Å². The molecule has 2 aromatic heterocycles. The summed E-state index contributed by atoms with van der Waals surface area (Å²) in [4.78, 5) is 13.6. The molecule has 0 saturated heterocycles. The molecule has 3 aromatic rings. The fourth-order valence-electron chi connectivity index (χ4n) is 2.33. The lowest BCUT2D eigenvalue weighted by atomic mass is 10.0. The van der Waals surface area contributed by atoms with Crippen LogP contribution in [0.3, 0.4) is 0 Å². The van der Waals surface area contributed by atoms with Crippen LogP contribution in [0.4, 0.5) is 0 Å². The third kappa shape index (κ3) is 2.68. The second-order valence-electron chi connectivity index (χ2n) is 5.20. The van der Waals surface area contributed by atoms with E-state index in [0.717, 1.165) is 28.2 Å². The Morgan fingerprint density at radius 2 is 1.57 bits per heavy atom. The van der Waals surface area contributed by atoms with Gasteiger partial charge in [-0.15, -0.1) is 0 Å². The van der Waals surface area contributed by atoms with Crippen LogP contribution in [0, 0.1) is 20.8 Å². The molecule has 0 aliphatic rings. The summed E-state index contributed by atoms with van der Waals surface area (Å²) in [5.74, 6) is 0.683. The number of aromatic nitrogens is 3. The van der Waals surface area contributed by atoms with Crippen LogP contribution in [0.2, 0.25) is 0 Å². The summed E-state index contributed by atoms with van der Waals surface area (Å²) in [6, 6.07) is 14.3. The Morgan fingerprint density at radius 3 is 2.33 bits per heavy atom. The van der Waals surface area contributed by atoms with Crippen LogP contribution in [0.25, 0.3) is 22.8 Å². The summed E-state index contributed by atoms with van der Waals surface area (Å²) in [6.45, 7) is 6.10. The van der Waals surface area contributed by atoms with E-state index in [-0.39, 0.29) is 0 Å². The number of hydrogen-bond donors (Lipinski definition) is 0. The van der Waals surface area contributed by atoms with E-state index >= 15 is 0 Å². The first kappa shape index (κ1) is 13.4. The fraction of sp³-hybridized carbons (Fsp3) is 0.167. The van der Waals surface area contributed by atoms with Gasteiger partial charge in [0.1, 0.15) is 5.69 Å². The molecule has 0 fully saturated rings. The third-order valence-electron chi connectivity index (χ3n) is 3.52. The molecule has 1 aromatic carbocycles. The molecule has 0 N–H and O–H groups in total. The first-order valence-corrected chi connectivity index (χ1v) is 6.99. The molecule has 0 saturated carbocycles. The Morgan fingerprint density at radius 1 is 0.762 bits per heavy atom. The normalized spacial score (nSPS) is 10.6. The van der Waals surface area contributed by atoms with Gasteiger partial charge < -0.3 is 0 Å². The highest BCUT2D eigenvalue weighted by Gasteiger charge is 2.10. The van der Waals surface area contributed by atoms with Gasteiger partial charge in [0.05, 0.1) is 5.69 Å². The zero-order valence-corrected chi connectivity index (χ0v) is 12.5. The number of aryl methyl sites for hydroxylation is 3. The Bertz CT molecular complexity index is 794. The number of pyridine rings is 1. The molecule has 0 bridgehead atoms. The van der Waals surface area contributed by atoms with Crippen molar-refractivity contribution in [1.82, 2.24) is 15.0 Å². The van der Waals surface area contributed by atoms with Crippen LogP contribution in [-0.4, -0.2) is 15.0 Å². The molecule has 0 aliphatic heterocycles. The molecule has 0 spiro atoms. The average Bonchev–Trinajstić information content (AvgIpc) is 2.48. The van der Waals surface area contributed by atoms with Crippen LogP contribution in [-0.2, 0) is 0 Å². The summed E-state index contributed by atoms with van der Waals surface area (Å²) >= 11 is 0. The molecule has 0 amide bonds. The molecular weight excluding hydrogens is 258 g/mol. The van der Waals surface area contributed by atoms with Gasteiger partial charge in [-0.3, -0.25) is 0 Å². The lowest BCUT2D eigenvalue weighted by molar-refractivity contribution is 1.08. The highest BCUT2D eigenvalue weighted by Crippen LogP contribution is 2.25. The number of rotatable bonds is 2. The molecule has 0 unspecified atom stereocenters. The van der Waals surface area contributed by atoms with Crippen molar-refractivity contribution in [3.63, 3.8) is 0 Å². The van der Waals surface area contributed by atoms with Gasteiger partial charge in [-0.1, -0.05) is 30.3 Å². The van der Waals surface area contributed by atoms with Crippen LogP contribution >= 0.6 is 0 Å². The van der Waals surface area contributed by atoms with Crippen molar-refractivity contribution in [2.75, 3.05) is 0 Å². The second-order valence-corrected chi connectivity index (χ2v) is 5.20. The summed E-state index contributed by atoms with van der Waals surface area (Å²) in [7, 11) is 0. The van der Waals surface area contributed by atoms with Crippen molar-refractivity contribution in [3.05, 3.63) is 65.5 Å². The lowest BCUT2D eigenvalue weighted by Crippen LogP contribution is -1.98. The van der Waals surface area contributed by atoms with Crippen molar-refractivity contribution in [1.29, 1.82) is 0 Å². The summed E-state index contributed by atoms with van der Waals surface area (Å²) in [6.07, 6.45) is 1.78. The Kier molecular flexibility index (Phi) is 3.48. The minimum atomic E-state index is 0.683. The first-order valence-electron chi connectivity index (χ1n) is 6.99. The molecule has 2 heterocycles. The van der Waals surface area contributed by atoms with Gasteiger partial charge in [-0.05, 0) is 44.0 Å². The molecule has 3 nitrogen and oxygen atoms in total. The minimum Gasteiger partial charge on any atom is -0.244 e. The van der Waals surface area contributed by atoms with E-state index in [2.05, 4.69) is 41.2 Å². The van der Waals surface area contributed by atoms with E-state index in [1.165, 1.54) is 5.56 Å². The average molecular weight is 275 g/mol. The summed E-state index contributed by atoms with van der Waals surface area (Å²) in [5.41, 5.74) is 6.19.